The van der Waals surface area contributed by atoms with Gasteiger partial charge in [0.05, 0.1) is 22.7 Å². The van der Waals surface area contributed by atoms with Gasteiger partial charge in [0.25, 0.3) is 5.91 Å². The number of nitrogens with zero attached hydrogens (tertiary/aromatic N) is 4. The zero-order chi connectivity index (χ0) is 18.1. The van der Waals surface area contributed by atoms with Gasteiger partial charge in [-0.15, -0.1) is 11.3 Å². The maximum Gasteiger partial charge on any atom is 0.252 e. The zero-order valence-corrected chi connectivity index (χ0v) is 16.0. The van der Waals surface area contributed by atoms with Gasteiger partial charge in [-0.05, 0) is 45.5 Å². The summed E-state index contributed by atoms with van der Waals surface area (Å²) in [6, 6.07) is 6.12. The van der Waals surface area contributed by atoms with Gasteiger partial charge in [-0.3, -0.25) is 9.48 Å². The SMILES string of the molecule is Cc1cc(C(=O)NC[C@@H](c2cccs2)N(C)C)c2c(C)nn(C)c2n1. The molecular weight excluding hydrogens is 334 g/mol. The third-order valence-corrected chi connectivity index (χ3v) is 5.27. The van der Waals surface area contributed by atoms with Crippen LogP contribution in [0.4, 0.5) is 0 Å². The Kier molecular flexibility index (Phi) is 4.87. The Hall–Kier alpha value is -2.25. The number of aryl methyl sites for hydroxylation is 3. The van der Waals surface area contributed by atoms with Crippen LogP contribution in [0.3, 0.4) is 0 Å². The average Bonchev–Trinajstić information content (AvgIpc) is 3.16. The molecule has 132 valence electrons. The van der Waals surface area contributed by atoms with E-state index in [0.717, 1.165) is 22.4 Å². The molecule has 3 rings (SSSR count). The fraction of sp³-hybridized carbons (Fsp3) is 0.389. The molecule has 0 radical (unpaired) electrons. The molecule has 1 atom stereocenters. The predicted octanol–water partition coefficient (Wildman–Crippen LogP) is 2.68. The van der Waals surface area contributed by atoms with Gasteiger partial charge >= 0.3 is 0 Å². The third-order valence-electron chi connectivity index (χ3n) is 4.29. The molecule has 0 saturated heterocycles. The van der Waals surface area contributed by atoms with Crippen LogP contribution in [0.15, 0.2) is 23.6 Å². The normalized spacial score (nSPS) is 12.7. The molecule has 0 aliphatic rings. The van der Waals surface area contributed by atoms with E-state index in [2.05, 4.69) is 31.7 Å². The number of carbonyl (C=O) groups is 1. The first-order valence-corrected chi connectivity index (χ1v) is 9.05. The molecule has 0 saturated carbocycles. The van der Waals surface area contributed by atoms with Crippen molar-refractivity contribution in [2.75, 3.05) is 20.6 Å². The van der Waals surface area contributed by atoms with Gasteiger partial charge in [-0.2, -0.15) is 5.10 Å². The molecule has 0 aliphatic carbocycles. The topological polar surface area (TPSA) is 63.1 Å². The number of hydrogen-bond donors (Lipinski definition) is 1. The number of likely N-dealkylation sites (N-methyl/N-ethyl adjacent to an activating group) is 1. The molecule has 0 aromatic carbocycles. The fourth-order valence-electron chi connectivity index (χ4n) is 3.05. The van der Waals surface area contributed by atoms with Crippen LogP contribution in [0.1, 0.15) is 32.7 Å². The zero-order valence-electron chi connectivity index (χ0n) is 15.2. The van der Waals surface area contributed by atoms with Gasteiger partial charge in [-0.25, -0.2) is 4.98 Å². The van der Waals surface area contributed by atoms with E-state index in [9.17, 15) is 4.79 Å². The van der Waals surface area contributed by atoms with Gasteiger partial charge in [0.2, 0.25) is 0 Å². The van der Waals surface area contributed by atoms with Crippen LogP contribution < -0.4 is 5.32 Å². The van der Waals surface area contributed by atoms with Crippen LogP contribution >= 0.6 is 11.3 Å². The Balaban J connectivity index is 1.88. The Morgan fingerprint density at radius 2 is 2.16 bits per heavy atom. The highest BCUT2D eigenvalue weighted by atomic mass is 32.1. The van der Waals surface area contributed by atoms with Gasteiger partial charge in [0.1, 0.15) is 0 Å². The smallest absolute Gasteiger partial charge is 0.252 e. The minimum atomic E-state index is -0.0880. The molecule has 7 heteroatoms. The quantitative estimate of drug-likeness (QED) is 0.763. The van der Waals surface area contributed by atoms with Crippen molar-refractivity contribution in [3.8, 4) is 0 Å². The molecule has 1 amide bonds. The van der Waals surface area contributed by atoms with Crippen molar-refractivity contribution in [3.05, 3.63) is 45.4 Å². The van der Waals surface area contributed by atoms with Crippen LogP contribution in [0.2, 0.25) is 0 Å². The molecule has 0 bridgehead atoms. The van der Waals surface area contributed by atoms with Crippen LogP contribution in [0, 0.1) is 13.8 Å². The first-order valence-electron chi connectivity index (χ1n) is 8.17. The van der Waals surface area contributed by atoms with Crippen molar-refractivity contribution < 1.29 is 4.79 Å². The number of carbonyl (C=O) groups excluding carboxylic acids is 1. The first-order chi connectivity index (χ1) is 11.9. The second kappa shape index (κ2) is 6.93. The summed E-state index contributed by atoms with van der Waals surface area (Å²) in [7, 11) is 5.90. The summed E-state index contributed by atoms with van der Waals surface area (Å²) < 4.78 is 1.72. The molecular formula is C18H23N5OS. The van der Waals surface area contributed by atoms with E-state index >= 15 is 0 Å². The van der Waals surface area contributed by atoms with Crippen molar-refractivity contribution in [2.24, 2.45) is 7.05 Å². The second-order valence-electron chi connectivity index (χ2n) is 6.42. The van der Waals surface area contributed by atoms with E-state index < -0.39 is 0 Å². The van der Waals surface area contributed by atoms with E-state index in [1.807, 2.05) is 47.1 Å². The van der Waals surface area contributed by atoms with Crippen LogP contribution in [-0.2, 0) is 7.05 Å². The molecule has 3 aromatic heterocycles. The van der Waals surface area contributed by atoms with Crippen molar-refractivity contribution >= 4 is 28.3 Å². The van der Waals surface area contributed by atoms with Crippen molar-refractivity contribution in [3.63, 3.8) is 0 Å². The summed E-state index contributed by atoms with van der Waals surface area (Å²) in [6.45, 7) is 4.35. The maximum atomic E-state index is 12.9. The first kappa shape index (κ1) is 17.6. The molecule has 25 heavy (non-hydrogen) atoms. The van der Waals surface area contributed by atoms with Crippen molar-refractivity contribution in [2.45, 2.75) is 19.9 Å². The highest BCUT2D eigenvalue weighted by Gasteiger charge is 2.20. The van der Waals surface area contributed by atoms with Crippen LogP contribution in [0.25, 0.3) is 11.0 Å². The van der Waals surface area contributed by atoms with E-state index in [0.29, 0.717) is 12.1 Å². The lowest BCUT2D eigenvalue weighted by Gasteiger charge is -2.23. The Bertz CT molecular complexity index is 898. The van der Waals surface area contributed by atoms with E-state index in [1.54, 1.807) is 16.0 Å². The summed E-state index contributed by atoms with van der Waals surface area (Å²) in [5, 5.41) is 10.4. The number of pyridine rings is 1. The predicted molar refractivity (Wildman–Crippen MR) is 101 cm³/mol. The van der Waals surface area contributed by atoms with E-state index in [-0.39, 0.29) is 11.9 Å². The van der Waals surface area contributed by atoms with Crippen LogP contribution in [-0.4, -0.2) is 46.2 Å². The number of amides is 1. The number of fused-ring (bicyclic) bond motifs is 1. The lowest BCUT2D eigenvalue weighted by molar-refractivity contribution is 0.0943. The molecule has 6 nitrogen and oxygen atoms in total. The standard InChI is InChI=1S/C18H23N5OS/c1-11-9-13(16-12(2)21-23(5)17(16)20-11)18(24)19-10-14(22(3)4)15-7-6-8-25-15/h6-9,14H,10H2,1-5H3,(H,19,24)/t14-/m0/s1. The number of rotatable bonds is 5. The monoisotopic (exact) mass is 357 g/mol. The number of nitrogens with one attached hydrogen (secondary N) is 1. The number of hydrogen-bond acceptors (Lipinski definition) is 5. The Morgan fingerprint density at radius 3 is 2.80 bits per heavy atom. The highest BCUT2D eigenvalue weighted by molar-refractivity contribution is 7.10. The maximum absolute atomic E-state index is 12.9. The molecule has 0 aliphatic heterocycles. The molecule has 0 unspecified atom stereocenters. The molecule has 3 aromatic rings. The fourth-order valence-corrected chi connectivity index (χ4v) is 3.97. The lowest BCUT2D eigenvalue weighted by atomic mass is 10.1. The summed E-state index contributed by atoms with van der Waals surface area (Å²) in [5.74, 6) is -0.0880. The summed E-state index contributed by atoms with van der Waals surface area (Å²) in [4.78, 5) is 20.8. The van der Waals surface area contributed by atoms with Gasteiger partial charge in [-0.1, -0.05) is 6.07 Å². The summed E-state index contributed by atoms with van der Waals surface area (Å²) in [6.07, 6.45) is 0. The summed E-state index contributed by atoms with van der Waals surface area (Å²) >= 11 is 1.70. The highest BCUT2D eigenvalue weighted by Crippen LogP contribution is 2.24. The van der Waals surface area contributed by atoms with E-state index in [4.69, 9.17) is 0 Å². The molecule has 0 fully saturated rings. The second-order valence-corrected chi connectivity index (χ2v) is 7.40. The van der Waals surface area contributed by atoms with Crippen molar-refractivity contribution in [1.29, 1.82) is 0 Å². The average molecular weight is 357 g/mol. The van der Waals surface area contributed by atoms with Gasteiger partial charge in [0, 0.05) is 24.2 Å². The van der Waals surface area contributed by atoms with Gasteiger partial charge in [0.15, 0.2) is 5.65 Å². The Morgan fingerprint density at radius 1 is 1.40 bits per heavy atom. The van der Waals surface area contributed by atoms with E-state index in [1.165, 1.54) is 4.88 Å². The molecule has 0 spiro atoms. The lowest BCUT2D eigenvalue weighted by Crippen LogP contribution is -2.34. The molecule has 1 N–H and O–H groups in total. The minimum Gasteiger partial charge on any atom is -0.350 e. The largest absolute Gasteiger partial charge is 0.350 e. The summed E-state index contributed by atoms with van der Waals surface area (Å²) in [5.41, 5.74) is 3.00. The van der Waals surface area contributed by atoms with Crippen LogP contribution in [0.5, 0.6) is 0 Å². The number of aromatic nitrogens is 3. The molecule has 3 heterocycles. The number of thiophene rings is 1. The van der Waals surface area contributed by atoms with Gasteiger partial charge < -0.3 is 10.2 Å². The van der Waals surface area contributed by atoms with Crippen molar-refractivity contribution in [1.82, 2.24) is 25.0 Å². The minimum absolute atomic E-state index is 0.0880. The third kappa shape index (κ3) is 3.43. The Labute approximate surface area is 151 Å².